The third kappa shape index (κ3) is 5.18. The Morgan fingerprint density at radius 1 is 1.15 bits per heavy atom. The average Bonchev–Trinajstić information content (AvgIpc) is 2.68. The first kappa shape index (κ1) is 19.1. The lowest BCUT2D eigenvalue weighted by Gasteiger charge is -2.28. The molecule has 6 heteroatoms. The summed E-state index contributed by atoms with van der Waals surface area (Å²) in [4.78, 5) is 23.6. The van der Waals surface area contributed by atoms with E-state index in [0.717, 1.165) is 30.9 Å². The number of benzene rings is 1. The van der Waals surface area contributed by atoms with Crippen LogP contribution in [0.2, 0.25) is 0 Å². The molecule has 1 aliphatic rings. The second-order valence-corrected chi connectivity index (χ2v) is 7.22. The van der Waals surface area contributed by atoms with Crippen molar-refractivity contribution in [3.8, 4) is 0 Å². The lowest BCUT2D eigenvalue weighted by molar-refractivity contribution is 0.0934. The van der Waals surface area contributed by atoms with E-state index in [2.05, 4.69) is 37.6 Å². The predicted octanol–water partition coefficient (Wildman–Crippen LogP) is 4.05. The zero-order chi connectivity index (χ0) is 19.2. The first-order valence-corrected chi connectivity index (χ1v) is 9.83. The number of nitrogens with one attached hydrogen (secondary N) is 2. The third-order valence-electron chi connectivity index (χ3n) is 4.92. The molecular formula is C21H29N5O. The van der Waals surface area contributed by atoms with Crippen LogP contribution in [-0.4, -0.2) is 35.0 Å². The Morgan fingerprint density at radius 2 is 1.85 bits per heavy atom. The fourth-order valence-corrected chi connectivity index (χ4v) is 3.18. The van der Waals surface area contributed by atoms with Crippen molar-refractivity contribution < 1.29 is 4.79 Å². The average molecular weight is 367 g/mol. The van der Waals surface area contributed by atoms with E-state index in [9.17, 15) is 4.79 Å². The Morgan fingerprint density at radius 3 is 2.52 bits per heavy atom. The maximum Gasteiger partial charge on any atom is 0.270 e. The maximum absolute atomic E-state index is 12.4. The molecule has 2 aromatic rings. The summed E-state index contributed by atoms with van der Waals surface area (Å²) in [5.41, 5.74) is 3.30. The van der Waals surface area contributed by atoms with E-state index in [4.69, 9.17) is 0 Å². The molecule has 144 valence electrons. The molecule has 1 aromatic carbocycles. The number of aromatic nitrogens is 2. The van der Waals surface area contributed by atoms with Crippen molar-refractivity contribution in [1.29, 1.82) is 0 Å². The van der Waals surface area contributed by atoms with Gasteiger partial charge in [-0.25, -0.2) is 9.97 Å². The van der Waals surface area contributed by atoms with Gasteiger partial charge < -0.3 is 15.5 Å². The number of hydrogen-bond acceptors (Lipinski definition) is 5. The van der Waals surface area contributed by atoms with Crippen LogP contribution in [0.3, 0.4) is 0 Å². The highest BCUT2D eigenvalue weighted by Crippen LogP contribution is 2.23. The van der Waals surface area contributed by atoms with Crippen LogP contribution in [0.15, 0.2) is 30.3 Å². The van der Waals surface area contributed by atoms with Crippen molar-refractivity contribution in [2.45, 2.75) is 52.5 Å². The van der Waals surface area contributed by atoms with Gasteiger partial charge >= 0.3 is 0 Å². The Labute approximate surface area is 161 Å². The summed E-state index contributed by atoms with van der Waals surface area (Å²) in [5.74, 6) is 0.272. The number of nitrogens with zero attached hydrogens (tertiary/aromatic N) is 3. The van der Waals surface area contributed by atoms with Gasteiger partial charge in [0.2, 0.25) is 5.95 Å². The first-order chi connectivity index (χ1) is 13.0. The Bertz CT molecular complexity index is 769. The van der Waals surface area contributed by atoms with Crippen LogP contribution < -0.4 is 15.5 Å². The Hall–Kier alpha value is -2.63. The van der Waals surface area contributed by atoms with Gasteiger partial charge in [-0.05, 0) is 69.9 Å². The number of amides is 1. The van der Waals surface area contributed by atoms with E-state index in [1.165, 1.54) is 24.9 Å². The lowest BCUT2D eigenvalue weighted by atomic mass is 10.1. The molecule has 0 aliphatic carbocycles. The second kappa shape index (κ2) is 8.84. The highest BCUT2D eigenvalue weighted by molar-refractivity contribution is 5.92. The largest absolute Gasteiger partial charge is 0.372 e. The molecule has 27 heavy (non-hydrogen) atoms. The molecule has 1 amide bonds. The quantitative estimate of drug-likeness (QED) is 0.806. The number of anilines is 3. The van der Waals surface area contributed by atoms with E-state index >= 15 is 0 Å². The summed E-state index contributed by atoms with van der Waals surface area (Å²) in [6, 6.07) is 10.2. The summed E-state index contributed by atoms with van der Waals surface area (Å²) in [6.07, 6.45) is 4.73. The SMILES string of the molecule is CCC(C)NC(=O)c1cc(C)nc(Nc2ccc(N3CCCCC3)cc2)n1. The van der Waals surface area contributed by atoms with Crippen molar-refractivity contribution in [2.75, 3.05) is 23.3 Å². The number of carbonyl (C=O) groups excluding carboxylic acids is 1. The van der Waals surface area contributed by atoms with Gasteiger partial charge in [0.05, 0.1) is 0 Å². The summed E-state index contributed by atoms with van der Waals surface area (Å²) in [7, 11) is 0. The zero-order valence-corrected chi connectivity index (χ0v) is 16.5. The molecular weight excluding hydrogens is 338 g/mol. The van der Waals surface area contributed by atoms with E-state index in [0.29, 0.717) is 11.6 Å². The van der Waals surface area contributed by atoms with Crippen molar-refractivity contribution in [3.05, 3.63) is 41.7 Å². The molecule has 3 rings (SSSR count). The minimum atomic E-state index is -0.168. The van der Waals surface area contributed by atoms with Crippen LogP contribution in [0.1, 0.15) is 55.7 Å². The van der Waals surface area contributed by atoms with E-state index in [1.54, 1.807) is 6.07 Å². The maximum atomic E-state index is 12.4. The van der Waals surface area contributed by atoms with Crippen LogP contribution in [0.25, 0.3) is 0 Å². The van der Waals surface area contributed by atoms with Gasteiger partial charge in [0.1, 0.15) is 5.69 Å². The minimum Gasteiger partial charge on any atom is -0.372 e. The van der Waals surface area contributed by atoms with Gasteiger partial charge in [0.25, 0.3) is 5.91 Å². The molecule has 1 fully saturated rings. The zero-order valence-electron chi connectivity index (χ0n) is 16.5. The van der Waals surface area contributed by atoms with E-state index in [-0.39, 0.29) is 11.9 Å². The number of rotatable bonds is 6. The minimum absolute atomic E-state index is 0.117. The Balaban J connectivity index is 1.70. The van der Waals surface area contributed by atoms with Gasteiger partial charge in [-0.1, -0.05) is 6.92 Å². The summed E-state index contributed by atoms with van der Waals surface area (Å²) >= 11 is 0. The van der Waals surface area contributed by atoms with Crippen LogP contribution >= 0.6 is 0 Å². The van der Waals surface area contributed by atoms with Gasteiger partial charge in [0, 0.05) is 36.2 Å². The van der Waals surface area contributed by atoms with Crippen molar-refractivity contribution >= 4 is 23.2 Å². The van der Waals surface area contributed by atoms with Crippen molar-refractivity contribution in [3.63, 3.8) is 0 Å². The molecule has 1 aromatic heterocycles. The highest BCUT2D eigenvalue weighted by atomic mass is 16.1. The fourth-order valence-electron chi connectivity index (χ4n) is 3.18. The normalized spacial score (nSPS) is 15.3. The van der Waals surface area contributed by atoms with E-state index in [1.807, 2.05) is 32.9 Å². The molecule has 0 spiro atoms. The topological polar surface area (TPSA) is 70.2 Å². The van der Waals surface area contributed by atoms with Gasteiger partial charge in [-0.15, -0.1) is 0 Å². The second-order valence-electron chi connectivity index (χ2n) is 7.22. The van der Waals surface area contributed by atoms with Gasteiger partial charge in [0.15, 0.2) is 0 Å². The van der Waals surface area contributed by atoms with Crippen molar-refractivity contribution in [2.24, 2.45) is 0 Å². The van der Waals surface area contributed by atoms with Crippen LogP contribution in [0, 0.1) is 6.92 Å². The number of piperidine rings is 1. The lowest BCUT2D eigenvalue weighted by Crippen LogP contribution is -2.32. The smallest absolute Gasteiger partial charge is 0.270 e. The predicted molar refractivity (Wildman–Crippen MR) is 110 cm³/mol. The molecule has 1 unspecified atom stereocenters. The fraction of sp³-hybridized carbons (Fsp3) is 0.476. The first-order valence-electron chi connectivity index (χ1n) is 9.83. The van der Waals surface area contributed by atoms with Gasteiger partial charge in [-0.3, -0.25) is 4.79 Å². The number of hydrogen-bond donors (Lipinski definition) is 2. The van der Waals surface area contributed by atoms with Crippen LogP contribution in [-0.2, 0) is 0 Å². The molecule has 6 nitrogen and oxygen atoms in total. The molecule has 2 heterocycles. The van der Waals surface area contributed by atoms with Crippen molar-refractivity contribution in [1.82, 2.24) is 15.3 Å². The van der Waals surface area contributed by atoms with Crippen LogP contribution in [0.5, 0.6) is 0 Å². The number of aryl methyl sites for hydroxylation is 1. The third-order valence-corrected chi connectivity index (χ3v) is 4.92. The molecule has 2 N–H and O–H groups in total. The highest BCUT2D eigenvalue weighted by Gasteiger charge is 2.13. The summed E-state index contributed by atoms with van der Waals surface area (Å²) < 4.78 is 0. The Kier molecular flexibility index (Phi) is 6.27. The van der Waals surface area contributed by atoms with Crippen LogP contribution in [0.4, 0.5) is 17.3 Å². The molecule has 0 radical (unpaired) electrons. The molecule has 1 aliphatic heterocycles. The van der Waals surface area contributed by atoms with Gasteiger partial charge in [-0.2, -0.15) is 0 Å². The van der Waals surface area contributed by atoms with E-state index < -0.39 is 0 Å². The molecule has 1 saturated heterocycles. The number of carbonyl (C=O) groups is 1. The summed E-state index contributed by atoms with van der Waals surface area (Å²) in [6.45, 7) is 8.14. The molecule has 0 bridgehead atoms. The molecule has 0 saturated carbocycles. The standard InChI is InChI=1S/C21H29N5O/c1-4-15(2)22-20(27)19-14-16(3)23-21(25-19)24-17-8-10-18(11-9-17)26-12-6-5-7-13-26/h8-11,14-15H,4-7,12-13H2,1-3H3,(H,22,27)(H,23,24,25). The summed E-state index contributed by atoms with van der Waals surface area (Å²) in [5, 5.41) is 6.16. The monoisotopic (exact) mass is 367 g/mol. The molecule has 1 atom stereocenters.